The zero-order chi connectivity index (χ0) is 21.9. The summed E-state index contributed by atoms with van der Waals surface area (Å²) in [6.45, 7) is 12.6. The molecule has 0 aliphatic carbocycles. The molecule has 7 heteroatoms. The van der Waals surface area contributed by atoms with Crippen LogP contribution in [0, 0.1) is 19.8 Å². The fraction of sp³-hybridized carbons (Fsp3) is 0.500. The number of rotatable bonds is 5. The van der Waals surface area contributed by atoms with E-state index in [2.05, 4.69) is 5.32 Å². The minimum absolute atomic E-state index is 0.176. The van der Waals surface area contributed by atoms with E-state index in [9.17, 15) is 14.4 Å². The van der Waals surface area contributed by atoms with Crippen molar-refractivity contribution in [3.05, 3.63) is 39.7 Å². The van der Waals surface area contributed by atoms with E-state index in [0.29, 0.717) is 23.0 Å². The summed E-state index contributed by atoms with van der Waals surface area (Å²) in [6.07, 6.45) is -0.0334. The first kappa shape index (κ1) is 22.5. The van der Waals surface area contributed by atoms with Gasteiger partial charge in [-0.15, -0.1) is 0 Å². The minimum atomic E-state index is -0.888. The van der Waals surface area contributed by atoms with Crippen LogP contribution in [-0.4, -0.2) is 23.7 Å². The number of amides is 1. The molecule has 2 rings (SSSR count). The third-order valence-electron chi connectivity index (χ3n) is 4.50. The van der Waals surface area contributed by atoms with Crippen LogP contribution < -0.4 is 15.7 Å². The molecule has 0 spiro atoms. The highest BCUT2D eigenvalue weighted by atomic mass is 16.6. The van der Waals surface area contributed by atoms with Crippen LogP contribution >= 0.6 is 0 Å². The number of esters is 1. The van der Waals surface area contributed by atoms with Gasteiger partial charge in [-0.1, -0.05) is 20.3 Å². The molecule has 7 nitrogen and oxygen atoms in total. The molecule has 1 heterocycles. The normalized spacial score (nSPS) is 13.6. The number of aryl methyl sites for hydroxylation is 2. The highest BCUT2D eigenvalue weighted by Gasteiger charge is 2.30. The molecule has 1 aromatic heterocycles. The Kier molecular flexibility index (Phi) is 6.72. The van der Waals surface area contributed by atoms with Crippen LogP contribution in [0.5, 0.6) is 5.75 Å². The average Bonchev–Trinajstić information content (AvgIpc) is 2.56. The van der Waals surface area contributed by atoms with Crippen LogP contribution in [0.15, 0.2) is 27.4 Å². The standard InChI is InChI=1S/C22H29NO6/c1-8-13(3)19(23-21(26)29-22(5,6)7)20(25)28-16-10-12(2)9-15-18(16)14(4)11-17(24)27-15/h9-11,13,19H,8H2,1-7H3,(H,23,26)/t13-,19-/m0/s1. The van der Waals surface area contributed by atoms with Crippen molar-refractivity contribution in [1.29, 1.82) is 0 Å². The zero-order valence-electron chi connectivity index (χ0n) is 18.0. The van der Waals surface area contributed by atoms with Crippen molar-refractivity contribution in [2.45, 2.75) is 66.5 Å². The molecule has 29 heavy (non-hydrogen) atoms. The van der Waals surface area contributed by atoms with Gasteiger partial charge in [0.2, 0.25) is 0 Å². The molecule has 2 atom stereocenters. The van der Waals surface area contributed by atoms with E-state index in [1.165, 1.54) is 6.07 Å². The molecule has 0 bridgehead atoms. The van der Waals surface area contributed by atoms with E-state index >= 15 is 0 Å². The Morgan fingerprint density at radius 1 is 1.17 bits per heavy atom. The summed E-state index contributed by atoms with van der Waals surface area (Å²) in [5, 5.41) is 3.17. The first-order valence-electron chi connectivity index (χ1n) is 9.67. The lowest BCUT2D eigenvalue weighted by atomic mass is 9.99. The van der Waals surface area contributed by atoms with Crippen LogP contribution in [0.1, 0.15) is 52.2 Å². The molecule has 158 valence electrons. The molecule has 1 aromatic carbocycles. The van der Waals surface area contributed by atoms with Crippen LogP contribution in [-0.2, 0) is 9.53 Å². The highest BCUT2D eigenvalue weighted by molar-refractivity contribution is 5.91. The van der Waals surface area contributed by atoms with E-state index in [1.807, 2.05) is 20.8 Å². The largest absolute Gasteiger partial charge is 0.444 e. The zero-order valence-corrected chi connectivity index (χ0v) is 18.0. The lowest BCUT2D eigenvalue weighted by Gasteiger charge is -2.25. The lowest BCUT2D eigenvalue weighted by Crippen LogP contribution is -2.48. The van der Waals surface area contributed by atoms with Crippen molar-refractivity contribution in [1.82, 2.24) is 5.32 Å². The Morgan fingerprint density at radius 2 is 1.83 bits per heavy atom. The second-order valence-electron chi connectivity index (χ2n) is 8.32. The summed E-state index contributed by atoms with van der Waals surface area (Å²) in [4.78, 5) is 36.9. The summed E-state index contributed by atoms with van der Waals surface area (Å²) < 4.78 is 16.2. The van der Waals surface area contributed by atoms with Gasteiger partial charge in [-0.05, 0) is 63.8 Å². The minimum Gasteiger partial charge on any atom is -0.444 e. The third-order valence-corrected chi connectivity index (χ3v) is 4.50. The predicted octanol–water partition coefficient (Wildman–Crippen LogP) is 4.25. The SMILES string of the molecule is CC[C@H](C)[C@H](NC(=O)OC(C)(C)C)C(=O)Oc1cc(C)cc2oc(=O)cc(C)c12. The number of hydrogen-bond acceptors (Lipinski definition) is 6. The van der Waals surface area contributed by atoms with Gasteiger partial charge in [0.1, 0.15) is 23.0 Å². The van der Waals surface area contributed by atoms with Gasteiger partial charge in [-0.3, -0.25) is 0 Å². The molecule has 0 saturated heterocycles. The van der Waals surface area contributed by atoms with Crippen molar-refractivity contribution in [2.24, 2.45) is 5.92 Å². The Labute approximate surface area is 170 Å². The number of carbonyl (C=O) groups excluding carboxylic acids is 2. The van der Waals surface area contributed by atoms with Crippen LogP contribution in [0.2, 0.25) is 0 Å². The number of carbonyl (C=O) groups is 2. The van der Waals surface area contributed by atoms with E-state index in [0.717, 1.165) is 5.56 Å². The molecule has 0 fully saturated rings. The van der Waals surface area contributed by atoms with Crippen LogP contribution in [0.4, 0.5) is 4.79 Å². The smallest absolute Gasteiger partial charge is 0.408 e. The van der Waals surface area contributed by atoms with Crippen LogP contribution in [0.25, 0.3) is 11.0 Å². The fourth-order valence-corrected chi connectivity index (χ4v) is 2.93. The van der Waals surface area contributed by atoms with Crippen molar-refractivity contribution < 1.29 is 23.5 Å². The van der Waals surface area contributed by atoms with Crippen molar-refractivity contribution in [3.63, 3.8) is 0 Å². The molecule has 1 amide bonds. The maximum atomic E-state index is 13.0. The molecule has 0 saturated carbocycles. The number of hydrogen-bond donors (Lipinski definition) is 1. The summed E-state index contributed by atoms with van der Waals surface area (Å²) in [5.74, 6) is -0.502. The summed E-state index contributed by atoms with van der Waals surface area (Å²) in [6, 6.07) is 3.88. The summed E-state index contributed by atoms with van der Waals surface area (Å²) in [5.41, 5.74) is 0.600. The molecular formula is C22H29NO6. The number of nitrogens with one attached hydrogen (secondary N) is 1. The Morgan fingerprint density at radius 3 is 2.41 bits per heavy atom. The molecule has 0 aliphatic rings. The molecular weight excluding hydrogens is 374 g/mol. The van der Waals surface area contributed by atoms with Gasteiger partial charge >= 0.3 is 17.7 Å². The maximum absolute atomic E-state index is 13.0. The van der Waals surface area contributed by atoms with Crippen LogP contribution in [0.3, 0.4) is 0 Å². The molecule has 2 aromatic rings. The maximum Gasteiger partial charge on any atom is 0.408 e. The van der Waals surface area contributed by atoms with Gasteiger partial charge in [0, 0.05) is 6.07 Å². The highest BCUT2D eigenvalue weighted by Crippen LogP contribution is 2.30. The molecule has 0 unspecified atom stereocenters. The predicted molar refractivity (Wildman–Crippen MR) is 110 cm³/mol. The van der Waals surface area contributed by atoms with Gasteiger partial charge in [0.25, 0.3) is 0 Å². The van der Waals surface area contributed by atoms with E-state index in [1.54, 1.807) is 39.8 Å². The second-order valence-corrected chi connectivity index (χ2v) is 8.32. The van der Waals surface area contributed by atoms with Crippen molar-refractivity contribution in [3.8, 4) is 5.75 Å². The third kappa shape index (κ3) is 5.82. The molecule has 0 radical (unpaired) electrons. The quantitative estimate of drug-likeness (QED) is 0.455. The van der Waals surface area contributed by atoms with E-state index < -0.39 is 29.3 Å². The first-order valence-corrected chi connectivity index (χ1v) is 9.67. The number of alkyl carbamates (subject to hydrolysis) is 1. The van der Waals surface area contributed by atoms with E-state index in [-0.39, 0.29) is 11.7 Å². The van der Waals surface area contributed by atoms with Gasteiger partial charge in [-0.25, -0.2) is 14.4 Å². The fourth-order valence-electron chi connectivity index (χ4n) is 2.93. The first-order chi connectivity index (χ1) is 13.4. The Balaban J connectivity index is 2.36. The van der Waals surface area contributed by atoms with Gasteiger partial charge in [-0.2, -0.15) is 0 Å². The number of ether oxygens (including phenoxy) is 2. The number of benzene rings is 1. The Bertz CT molecular complexity index is 970. The second kappa shape index (κ2) is 8.68. The Hall–Kier alpha value is -2.83. The van der Waals surface area contributed by atoms with E-state index in [4.69, 9.17) is 13.9 Å². The van der Waals surface area contributed by atoms with Crippen molar-refractivity contribution in [2.75, 3.05) is 0 Å². The van der Waals surface area contributed by atoms with Gasteiger partial charge in [0.15, 0.2) is 0 Å². The lowest BCUT2D eigenvalue weighted by molar-refractivity contribution is -0.138. The molecule has 1 N–H and O–H groups in total. The number of fused-ring (bicyclic) bond motifs is 1. The van der Waals surface area contributed by atoms with Gasteiger partial charge < -0.3 is 19.2 Å². The van der Waals surface area contributed by atoms with Gasteiger partial charge in [0.05, 0.1) is 5.39 Å². The summed E-state index contributed by atoms with van der Waals surface area (Å²) in [7, 11) is 0. The topological polar surface area (TPSA) is 94.8 Å². The van der Waals surface area contributed by atoms with Crippen molar-refractivity contribution >= 4 is 23.0 Å². The summed E-state index contributed by atoms with van der Waals surface area (Å²) >= 11 is 0. The monoisotopic (exact) mass is 403 g/mol. The average molecular weight is 403 g/mol. The molecule has 0 aliphatic heterocycles.